The summed E-state index contributed by atoms with van der Waals surface area (Å²) in [6.45, 7) is 4.88. The van der Waals surface area contributed by atoms with Gasteiger partial charge in [0.15, 0.2) is 0 Å². The van der Waals surface area contributed by atoms with Crippen molar-refractivity contribution >= 4 is 12.0 Å². The summed E-state index contributed by atoms with van der Waals surface area (Å²) < 4.78 is 10.8. The van der Waals surface area contributed by atoms with E-state index < -0.39 is 0 Å². The molecule has 180 valence electrons. The number of hydrogen-bond acceptors (Lipinski definition) is 4. The number of urea groups is 1. The van der Waals surface area contributed by atoms with Gasteiger partial charge in [0.1, 0.15) is 5.75 Å². The lowest BCUT2D eigenvalue weighted by atomic mass is 9.43. The van der Waals surface area contributed by atoms with Gasteiger partial charge in [-0.1, -0.05) is 13.8 Å². The Labute approximate surface area is 197 Å². The number of hydrogen-bond donors (Lipinski definition) is 2. The predicted octanol–water partition coefficient (Wildman–Crippen LogP) is 5.21. The number of carbonyl (C=O) groups excluding carboxylic acids is 2. The van der Waals surface area contributed by atoms with Crippen molar-refractivity contribution < 1.29 is 19.1 Å². The van der Waals surface area contributed by atoms with Gasteiger partial charge in [-0.05, 0) is 105 Å². The number of ether oxygens (including phenoxy) is 2. The molecule has 6 nitrogen and oxygen atoms in total. The maximum absolute atomic E-state index is 13.0. The molecule has 0 saturated heterocycles. The van der Waals surface area contributed by atoms with E-state index in [0.717, 1.165) is 56.6 Å². The third-order valence-electron chi connectivity index (χ3n) is 8.59. The third-order valence-corrected chi connectivity index (χ3v) is 8.59. The summed E-state index contributed by atoms with van der Waals surface area (Å²) in [6.07, 6.45) is 11.2. The molecule has 0 heterocycles. The van der Waals surface area contributed by atoms with Crippen molar-refractivity contribution in [1.29, 1.82) is 0 Å². The molecule has 2 atom stereocenters. The molecule has 5 fully saturated rings. The Balaban J connectivity index is 1.10. The number of benzene rings is 1. The fourth-order valence-electron chi connectivity index (χ4n) is 8.35. The van der Waals surface area contributed by atoms with E-state index >= 15 is 0 Å². The molecule has 6 rings (SSSR count). The molecule has 5 aliphatic rings. The van der Waals surface area contributed by atoms with Crippen LogP contribution in [0, 0.1) is 16.7 Å². The van der Waals surface area contributed by atoms with Crippen molar-refractivity contribution in [2.24, 2.45) is 16.7 Å². The summed E-state index contributed by atoms with van der Waals surface area (Å²) in [7, 11) is 1.38. The average Bonchev–Trinajstić information content (AvgIpc) is 2.72. The summed E-state index contributed by atoms with van der Waals surface area (Å²) in [5, 5.41) is 6.75. The van der Waals surface area contributed by atoms with Gasteiger partial charge in [-0.2, -0.15) is 0 Å². The van der Waals surface area contributed by atoms with Gasteiger partial charge in [0, 0.05) is 11.6 Å². The number of rotatable bonds is 5. The van der Waals surface area contributed by atoms with Crippen LogP contribution in [-0.4, -0.2) is 36.8 Å². The molecule has 1 aromatic rings. The Morgan fingerprint density at radius 1 is 0.909 bits per heavy atom. The molecular weight excluding hydrogens is 416 g/mol. The SMILES string of the molecule is COC(=O)c1ccc(OC2CCC(NC(=O)NC34CC5C[C@@](C)(C3)C[C@@](C)(C5)C4)CC2)cc1. The second-order valence-corrected chi connectivity index (χ2v) is 12.1. The fourth-order valence-corrected chi connectivity index (χ4v) is 8.35. The summed E-state index contributed by atoms with van der Waals surface area (Å²) in [5.41, 5.74) is 1.30. The second-order valence-electron chi connectivity index (χ2n) is 12.1. The van der Waals surface area contributed by atoms with Gasteiger partial charge < -0.3 is 20.1 Å². The van der Waals surface area contributed by atoms with Gasteiger partial charge in [0.25, 0.3) is 0 Å². The topological polar surface area (TPSA) is 76.7 Å². The van der Waals surface area contributed by atoms with Gasteiger partial charge in [-0.3, -0.25) is 0 Å². The van der Waals surface area contributed by atoms with Gasteiger partial charge in [-0.15, -0.1) is 0 Å². The molecule has 33 heavy (non-hydrogen) atoms. The van der Waals surface area contributed by atoms with Crippen molar-refractivity contribution in [2.75, 3.05) is 7.11 Å². The van der Waals surface area contributed by atoms with Crippen LogP contribution < -0.4 is 15.4 Å². The third kappa shape index (κ3) is 4.71. The maximum atomic E-state index is 13.0. The zero-order valence-electron chi connectivity index (χ0n) is 20.2. The number of esters is 1. The van der Waals surface area contributed by atoms with E-state index in [1.165, 1.54) is 26.4 Å². The summed E-state index contributed by atoms with van der Waals surface area (Å²) in [5.74, 6) is 1.19. The molecule has 6 heteroatoms. The Bertz CT molecular complexity index is 887. The minimum atomic E-state index is -0.344. The van der Waals surface area contributed by atoms with Gasteiger partial charge in [-0.25, -0.2) is 9.59 Å². The van der Waals surface area contributed by atoms with Gasteiger partial charge >= 0.3 is 12.0 Å². The highest BCUT2D eigenvalue weighted by Crippen LogP contribution is 2.66. The number of amides is 2. The van der Waals surface area contributed by atoms with E-state index in [4.69, 9.17) is 9.47 Å². The zero-order valence-corrected chi connectivity index (χ0v) is 20.2. The highest BCUT2D eigenvalue weighted by atomic mass is 16.5. The molecule has 5 saturated carbocycles. The first-order valence-electron chi connectivity index (χ1n) is 12.6. The highest BCUT2D eigenvalue weighted by Gasteiger charge is 2.60. The first-order chi connectivity index (χ1) is 15.7. The molecule has 4 bridgehead atoms. The normalized spacial score (nSPS) is 39.1. The molecular formula is C27H38N2O4. The van der Waals surface area contributed by atoms with Crippen LogP contribution in [0.4, 0.5) is 4.79 Å². The smallest absolute Gasteiger partial charge is 0.337 e. The average molecular weight is 455 g/mol. The van der Waals surface area contributed by atoms with Crippen molar-refractivity contribution in [3.05, 3.63) is 29.8 Å². The maximum Gasteiger partial charge on any atom is 0.337 e. The first-order valence-corrected chi connectivity index (χ1v) is 12.6. The van der Waals surface area contributed by atoms with E-state index in [-0.39, 0.29) is 29.7 Å². The monoisotopic (exact) mass is 454 g/mol. The zero-order chi connectivity index (χ0) is 23.3. The van der Waals surface area contributed by atoms with Crippen molar-refractivity contribution in [1.82, 2.24) is 10.6 Å². The Hall–Kier alpha value is -2.24. The van der Waals surface area contributed by atoms with Crippen molar-refractivity contribution in [2.45, 2.75) is 95.7 Å². The van der Waals surface area contributed by atoms with Crippen LogP contribution in [0.5, 0.6) is 5.75 Å². The molecule has 1 aromatic carbocycles. The number of carbonyl (C=O) groups is 2. The molecule has 0 radical (unpaired) electrons. The van der Waals surface area contributed by atoms with Crippen LogP contribution in [-0.2, 0) is 4.74 Å². The van der Waals surface area contributed by atoms with E-state index in [0.29, 0.717) is 16.4 Å². The van der Waals surface area contributed by atoms with E-state index in [1.54, 1.807) is 12.1 Å². The van der Waals surface area contributed by atoms with E-state index in [9.17, 15) is 9.59 Å². The molecule has 0 spiro atoms. The standard InChI is InChI=1S/C27H38N2O4/c1-25-12-18-13-26(2,15-25)17-27(14-18,16-25)29-24(31)28-20-6-10-22(11-7-20)33-21-8-4-19(5-9-21)23(30)32-3/h4-5,8-9,18,20,22H,6-7,10-17H2,1-3H3,(H2,28,29,31)/t18?,20?,22?,25-,26-,27?/m1/s1. The van der Waals surface area contributed by atoms with Crippen LogP contribution in [0.2, 0.25) is 0 Å². The van der Waals surface area contributed by atoms with Crippen LogP contribution in [0.15, 0.2) is 24.3 Å². The minimum Gasteiger partial charge on any atom is -0.490 e. The molecule has 5 aliphatic carbocycles. The Morgan fingerprint density at radius 3 is 2.12 bits per heavy atom. The lowest BCUT2D eigenvalue weighted by Gasteiger charge is -2.65. The highest BCUT2D eigenvalue weighted by molar-refractivity contribution is 5.89. The van der Waals surface area contributed by atoms with E-state index in [2.05, 4.69) is 24.5 Å². The number of nitrogens with one attached hydrogen (secondary N) is 2. The Kier molecular flexibility index (Phi) is 5.61. The first kappa shape index (κ1) is 22.5. The summed E-state index contributed by atoms with van der Waals surface area (Å²) in [6, 6.07) is 7.31. The molecule has 0 unspecified atom stereocenters. The lowest BCUT2D eigenvalue weighted by Crippen LogP contribution is -2.66. The lowest BCUT2D eigenvalue weighted by molar-refractivity contribution is -0.113. The Morgan fingerprint density at radius 2 is 1.55 bits per heavy atom. The van der Waals surface area contributed by atoms with Crippen LogP contribution >= 0.6 is 0 Å². The fraction of sp³-hybridized carbons (Fsp3) is 0.704. The molecule has 2 amide bonds. The molecule has 0 aromatic heterocycles. The van der Waals surface area contributed by atoms with Gasteiger partial charge in [0.2, 0.25) is 0 Å². The van der Waals surface area contributed by atoms with Gasteiger partial charge in [0.05, 0.1) is 18.8 Å². The van der Waals surface area contributed by atoms with E-state index in [1.807, 2.05) is 12.1 Å². The van der Waals surface area contributed by atoms with Crippen LogP contribution in [0.3, 0.4) is 0 Å². The molecule has 0 aliphatic heterocycles. The predicted molar refractivity (Wildman–Crippen MR) is 126 cm³/mol. The molecule has 2 N–H and O–H groups in total. The largest absolute Gasteiger partial charge is 0.490 e. The summed E-state index contributed by atoms with van der Waals surface area (Å²) >= 11 is 0. The number of methoxy groups -OCH3 is 1. The van der Waals surface area contributed by atoms with Crippen LogP contribution in [0.25, 0.3) is 0 Å². The minimum absolute atomic E-state index is 0.0102. The summed E-state index contributed by atoms with van der Waals surface area (Å²) in [4.78, 5) is 24.6. The van der Waals surface area contributed by atoms with Crippen molar-refractivity contribution in [3.63, 3.8) is 0 Å². The van der Waals surface area contributed by atoms with Crippen LogP contribution in [0.1, 0.15) is 88.4 Å². The quantitative estimate of drug-likeness (QED) is 0.599. The second kappa shape index (κ2) is 8.21. The van der Waals surface area contributed by atoms with Crippen molar-refractivity contribution in [3.8, 4) is 5.75 Å².